The maximum absolute atomic E-state index is 12.6. The fraction of sp³-hybridized carbons (Fsp3) is 0.381. The molecule has 0 saturated carbocycles. The zero-order valence-electron chi connectivity index (χ0n) is 16.1. The topological polar surface area (TPSA) is 66.4 Å². The van der Waals surface area contributed by atoms with Crippen molar-refractivity contribution in [2.45, 2.75) is 30.8 Å². The van der Waals surface area contributed by atoms with E-state index in [1.54, 1.807) is 0 Å². The zero-order valence-corrected chi connectivity index (χ0v) is 16.8. The molecule has 0 radical (unpaired) electrons. The lowest BCUT2D eigenvalue weighted by Crippen LogP contribution is -3.00. The molecule has 2 aliphatic rings. The third-order valence-corrected chi connectivity index (χ3v) is 5.58. The van der Waals surface area contributed by atoms with Gasteiger partial charge in [-0.15, -0.1) is 13.2 Å². The molecule has 9 heteroatoms. The zero-order chi connectivity index (χ0) is 20.6. The number of hydrogen-bond donors (Lipinski definition) is 1. The predicted octanol–water partition coefficient (Wildman–Crippen LogP) is 0.161. The molecule has 3 N–H and O–H groups in total. The average molecular weight is 443 g/mol. The van der Waals surface area contributed by atoms with E-state index < -0.39 is 24.6 Å². The van der Waals surface area contributed by atoms with Crippen molar-refractivity contribution >= 4 is 6.09 Å². The third kappa shape index (κ3) is 4.40. The lowest BCUT2D eigenvalue weighted by molar-refractivity contribution is -0.377. The van der Waals surface area contributed by atoms with Crippen LogP contribution in [0, 0.1) is 0 Å². The Labute approximate surface area is 178 Å². The molecule has 162 valence electrons. The summed E-state index contributed by atoms with van der Waals surface area (Å²) in [5.41, 5.74) is 8.12. The Morgan fingerprint density at radius 3 is 2.17 bits per heavy atom. The molecule has 5 nitrogen and oxygen atoms in total. The minimum Gasteiger partial charge on any atom is -1.00 e. The summed E-state index contributed by atoms with van der Waals surface area (Å²) in [4.78, 5) is 13.9. The van der Waals surface area contributed by atoms with Crippen molar-refractivity contribution < 1.29 is 45.6 Å². The van der Waals surface area contributed by atoms with Gasteiger partial charge in [0, 0.05) is 12.3 Å². The first-order chi connectivity index (χ1) is 13.9. The van der Waals surface area contributed by atoms with Crippen LogP contribution in [0.5, 0.6) is 0 Å². The maximum atomic E-state index is 12.6. The third-order valence-electron chi connectivity index (χ3n) is 5.58. The normalized spacial score (nSPS) is 20.5. The molecule has 1 heterocycles. The summed E-state index contributed by atoms with van der Waals surface area (Å²) in [5.74, 6) is -0.102. The van der Waals surface area contributed by atoms with E-state index in [1.165, 1.54) is 4.90 Å². The summed E-state index contributed by atoms with van der Waals surface area (Å²) in [6.07, 6.45) is -6.36. The van der Waals surface area contributed by atoms with Crippen molar-refractivity contribution in [3.8, 4) is 11.1 Å². The molecule has 2 aromatic rings. The highest BCUT2D eigenvalue weighted by molar-refractivity contribution is 5.79. The fourth-order valence-corrected chi connectivity index (χ4v) is 4.32. The second-order valence-corrected chi connectivity index (χ2v) is 7.32. The molecule has 1 aliphatic carbocycles. The molecule has 1 amide bonds. The average Bonchev–Trinajstić information content (AvgIpc) is 3.23. The number of halogens is 4. The van der Waals surface area contributed by atoms with Crippen LogP contribution in [-0.4, -0.2) is 49.2 Å². The summed E-state index contributed by atoms with van der Waals surface area (Å²) >= 11 is 0. The Balaban J connectivity index is 0.00000256. The summed E-state index contributed by atoms with van der Waals surface area (Å²) in [5, 5.41) is 0. The number of nitrogens with zero attached hydrogens (tertiary/aromatic N) is 1. The smallest absolute Gasteiger partial charge is 0.522 e. The molecule has 0 bridgehead atoms. The van der Waals surface area contributed by atoms with Crippen LogP contribution < -0.4 is 18.1 Å². The van der Waals surface area contributed by atoms with Crippen LogP contribution >= 0.6 is 0 Å². The first kappa shape index (κ1) is 22.4. The van der Waals surface area contributed by atoms with Crippen molar-refractivity contribution in [1.29, 1.82) is 0 Å². The molecule has 0 unspecified atom stereocenters. The predicted molar refractivity (Wildman–Crippen MR) is 98.9 cm³/mol. The standard InChI is InChI=1S/C21H21F3N2O3.ClH/c22-21(23,24)29-14-9-13(10-25)26(11-14)20(27)28-12-19-17-7-3-1-5-15(17)16-6-2-4-8-18(16)19;/h1-8,13-14,19H,9-12,25H2;1H/t13-,14+;/m0./s1. The van der Waals surface area contributed by atoms with Gasteiger partial charge in [0.05, 0.1) is 25.2 Å². The van der Waals surface area contributed by atoms with Crippen LogP contribution in [0.15, 0.2) is 48.5 Å². The monoisotopic (exact) mass is 442 g/mol. The SMILES string of the molecule is [Cl-].[NH3+]C[C@@H]1C[C@@H](OC(F)(F)F)CN1C(=O)OCC1c2ccccc2-c2ccccc21. The Kier molecular flexibility index (Phi) is 6.59. The first-order valence-electron chi connectivity index (χ1n) is 9.53. The van der Waals surface area contributed by atoms with Gasteiger partial charge in [-0.2, -0.15) is 0 Å². The Bertz CT molecular complexity index is 864. The van der Waals surface area contributed by atoms with Gasteiger partial charge in [-0.1, -0.05) is 48.5 Å². The van der Waals surface area contributed by atoms with Gasteiger partial charge in [0.25, 0.3) is 0 Å². The summed E-state index contributed by atoms with van der Waals surface area (Å²) in [6, 6.07) is 15.5. The number of ether oxygens (including phenoxy) is 2. The number of hydrogen-bond acceptors (Lipinski definition) is 3. The van der Waals surface area contributed by atoms with Gasteiger partial charge in [-0.25, -0.2) is 4.79 Å². The van der Waals surface area contributed by atoms with Crippen LogP contribution in [0.2, 0.25) is 0 Å². The van der Waals surface area contributed by atoms with E-state index >= 15 is 0 Å². The second-order valence-electron chi connectivity index (χ2n) is 7.32. The number of carbonyl (C=O) groups excluding carboxylic acids is 1. The van der Waals surface area contributed by atoms with Crippen molar-refractivity contribution in [2.75, 3.05) is 19.7 Å². The number of amides is 1. The Hall–Kier alpha value is -2.29. The highest BCUT2D eigenvalue weighted by Crippen LogP contribution is 2.44. The number of alkyl halides is 3. The van der Waals surface area contributed by atoms with Gasteiger partial charge < -0.3 is 22.9 Å². The number of rotatable bonds is 4. The van der Waals surface area contributed by atoms with Crippen molar-refractivity contribution in [3.05, 3.63) is 59.7 Å². The molecular formula is C21H22ClF3N2O3. The van der Waals surface area contributed by atoms with Crippen LogP contribution in [0.1, 0.15) is 23.5 Å². The molecule has 30 heavy (non-hydrogen) atoms. The highest BCUT2D eigenvalue weighted by atomic mass is 35.5. The molecule has 2 atom stereocenters. The van der Waals surface area contributed by atoms with E-state index in [2.05, 4.69) is 10.5 Å². The maximum Gasteiger partial charge on any atom is 0.522 e. The molecule has 4 rings (SSSR count). The molecule has 1 aliphatic heterocycles. The van der Waals surface area contributed by atoms with E-state index in [9.17, 15) is 18.0 Å². The summed E-state index contributed by atoms with van der Waals surface area (Å²) in [6.45, 7) is 0.260. The van der Waals surface area contributed by atoms with Gasteiger partial charge in [0.1, 0.15) is 6.61 Å². The highest BCUT2D eigenvalue weighted by Gasteiger charge is 2.43. The van der Waals surface area contributed by atoms with E-state index in [0.29, 0.717) is 6.54 Å². The van der Waals surface area contributed by atoms with Crippen LogP contribution in [0.25, 0.3) is 11.1 Å². The number of benzene rings is 2. The quantitative estimate of drug-likeness (QED) is 0.733. The minimum atomic E-state index is -4.73. The fourth-order valence-electron chi connectivity index (χ4n) is 4.32. The molecule has 2 aromatic carbocycles. The van der Waals surface area contributed by atoms with Gasteiger partial charge in [-0.05, 0) is 22.3 Å². The molecule has 0 spiro atoms. The summed E-state index contributed by atoms with van der Waals surface area (Å²) < 4.78 is 47.2. The number of likely N-dealkylation sites (tertiary alicyclic amines) is 1. The van der Waals surface area contributed by atoms with Crippen LogP contribution in [-0.2, 0) is 9.47 Å². The van der Waals surface area contributed by atoms with E-state index in [0.717, 1.165) is 22.3 Å². The molecule has 0 aromatic heterocycles. The van der Waals surface area contributed by atoms with Gasteiger partial charge in [0.15, 0.2) is 0 Å². The second kappa shape index (κ2) is 8.83. The number of quaternary nitrogens is 1. The van der Waals surface area contributed by atoms with Crippen LogP contribution in [0.3, 0.4) is 0 Å². The largest absolute Gasteiger partial charge is 1.00 e. The van der Waals surface area contributed by atoms with Gasteiger partial charge in [-0.3, -0.25) is 9.64 Å². The van der Waals surface area contributed by atoms with Crippen molar-refractivity contribution in [2.24, 2.45) is 0 Å². The summed E-state index contributed by atoms with van der Waals surface area (Å²) in [7, 11) is 0. The van der Waals surface area contributed by atoms with E-state index in [4.69, 9.17) is 4.74 Å². The Morgan fingerprint density at radius 2 is 1.63 bits per heavy atom. The minimum absolute atomic E-state index is 0. The van der Waals surface area contributed by atoms with Gasteiger partial charge >= 0.3 is 12.5 Å². The Morgan fingerprint density at radius 1 is 1.07 bits per heavy atom. The molecule has 1 saturated heterocycles. The van der Waals surface area contributed by atoms with E-state index in [-0.39, 0.29) is 37.9 Å². The first-order valence-corrected chi connectivity index (χ1v) is 9.53. The lowest BCUT2D eigenvalue weighted by Gasteiger charge is -2.23. The van der Waals surface area contributed by atoms with Gasteiger partial charge in [0.2, 0.25) is 0 Å². The van der Waals surface area contributed by atoms with Crippen molar-refractivity contribution in [3.63, 3.8) is 0 Å². The lowest BCUT2D eigenvalue weighted by atomic mass is 9.98. The number of carbonyl (C=O) groups is 1. The van der Waals surface area contributed by atoms with Crippen LogP contribution in [0.4, 0.5) is 18.0 Å². The molecule has 1 fully saturated rings. The number of fused-ring (bicyclic) bond motifs is 3. The molecular weight excluding hydrogens is 421 g/mol. The van der Waals surface area contributed by atoms with Crippen molar-refractivity contribution in [1.82, 2.24) is 4.90 Å². The van der Waals surface area contributed by atoms with E-state index in [1.807, 2.05) is 48.5 Å².